The molecule has 0 fully saturated rings. The minimum atomic E-state index is -0.564. The molecule has 0 saturated carbocycles. The predicted molar refractivity (Wildman–Crippen MR) is 114 cm³/mol. The van der Waals surface area contributed by atoms with E-state index in [0.29, 0.717) is 30.7 Å². The third kappa shape index (κ3) is 6.45. The number of likely N-dealkylation sites (N-methyl/N-ethyl adjacent to an activating group) is 1. The first-order chi connectivity index (χ1) is 13.9. The molecule has 0 bridgehead atoms. The molecular formula is C23H28N2O4. The first-order valence-corrected chi connectivity index (χ1v) is 9.76. The van der Waals surface area contributed by atoms with E-state index in [0.717, 1.165) is 24.0 Å². The fourth-order valence-electron chi connectivity index (χ4n) is 3.10. The molecule has 0 unspecified atom stereocenters. The summed E-state index contributed by atoms with van der Waals surface area (Å²) in [5.41, 5.74) is 7.60. The zero-order valence-corrected chi connectivity index (χ0v) is 17.0. The average Bonchev–Trinajstić information content (AvgIpc) is 2.74. The number of hydrogen-bond acceptors (Lipinski definition) is 4. The monoisotopic (exact) mass is 396 g/mol. The zero-order valence-electron chi connectivity index (χ0n) is 17.0. The second-order valence-electron chi connectivity index (χ2n) is 6.92. The Bertz CT molecular complexity index is 849. The predicted octanol–water partition coefficient (Wildman–Crippen LogP) is 3.72. The van der Waals surface area contributed by atoms with E-state index in [4.69, 9.17) is 10.5 Å². The highest BCUT2D eigenvalue weighted by atomic mass is 16.5. The lowest BCUT2D eigenvalue weighted by molar-refractivity contribution is -0.136. The SMILES string of the molecule is COc1ccc(-c2ccccc2)cc1N(C)C(=O)C(=O)CCCCCCC(N)=O. The third-order valence-corrected chi connectivity index (χ3v) is 4.77. The van der Waals surface area contributed by atoms with Crippen LogP contribution in [-0.2, 0) is 14.4 Å². The summed E-state index contributed by atoms with van der Waals surface area (Å²) < 4.78 is 5.39. The molecule has 2 amide bonds. The number of unbranched alkanes of at least 4 members (excludes halogenated alkanes) is 3. The van der Waals surface area contributed by atoms with Gasteiger partial charge in [0, 0.05) is 19.9 Å². The molecule has 2 aromatic rings. The van der Waals surface area contributed by atoms with Crippen molar-refractivity contribution in [2.75, 3.05) is 19.1 Å². The summed E-state index contributed by atoms with van der Waals surface area (Å²) in [6, 6.07) is 15.4. The fourth-order valence-corrected chi connectivity index (χ4v) is 3.10. The largest absolute Gasteiger partial charge is 0.495 e. The van der Waals surface area contributed by atoms with E-state index < -0.39 is 11.7 Å². The minimum absolute atomic E-state index is 0.181. The van der Waals surface area contributed by atoms with Crippen LogP contribution in [0.1, 0.15) is 38.5 Å². The van der Waals surface area contributed by atoms with E-state index >= 15 is 0 Å². The average molecular weight is 396 g/mol. The van der Waals surface area contributed by atoms with Crippen molar-refractivity contribution in [2.24, 2.45) is 5.73 Å². The number of nitrogens with zero attached hydrogens (tertiary/aromatic N) is 1. The van der Waals surface area contributed by atoms with E-state index in [1.807, 2.05) is 42.5 Å². The van der Waals surface area contributed by atoms with Crippen molar-refractivity contribution in [3.8, 4) is 16.9 Å². The van der Waals surface area contributed by atoms with Crippen LogP contribution in [0, 0.1) is 0 Å². The molecule has 0 atom stereocenters. The molecule has 0 aliphatic carbocycles. The maximum atomic E-state index is 12.6. The maximum Gasteiger partial charge on any atom is 0.294 e. The molecule has 154 valence electrons. The van der Waals surface area contributed by atoms with E-state index in [-0.39, 0.29) is 12.3 Å². The summed E-state index contributed by atoms with van der Waals surface area (Å²) in [6.45, 7) is 0. The number of rotatable bonds is 11. The zero-order chi connectivity index (χ0) is 21.2. The van der Waals surface area contributed by atoms with Crippen molar-refractivity contribution in [1.29, 1.82) is 0 Å². The molecule has 0 aromatic heterocycles. The molecule has 0 saturated heterocycles. The number of anilines is 1. The molecule has 0 radical (unpaired) electrons. The number of benzene rings is 2. The van der Waals surface area contributed by atoms with Crippen molar-refractivity contribution in [1.82, 2.24) is 0 Å². The Labute approximate surface area is 171 Å². The van der Waals surface area contributed by atoms with Gasteiger partial charge >= 0.3 is 0 Å². The number of Topliss-reactive ketones (excluding diaryl/α,β-unsaturated/α-hetero) is 1. The number of hydrogen-bond donors (Lipinski definition) is 1. The molecule has 29 heavy (non-hydrogen) atoms. The standard InChI is InChI=1S/C23H28N2O4/c1-25(23(28)20(26)12-8-3-4-9-13-22(24)27)19-16-18(14-15-21(19)29-2)17-10-6-5-7-11-17/h5-7,10-11,14-16H,3-4,8-9,12-13H2,1-2H3,(H2,24,27). The fraction of sp³-hybridized carbons (Fsp3) is 0.348. The Morgan fingerprint density at radius 1 is 0.897 bits per heavy atom. The Morgan fingerprint density at radius 3 is 2.17 bits per heavy atom. The van der Waals surface area contributed by atoms with E-state index in [2.05, 4.69) is 0 Å². The molecule has 0 aliphatic rings. The lowest BCUT2D eigenvalue weighted by Gasteiger charge is -2.20. The normalized spacial score (nSPS) is 10.4. The molecular weight excluding hydrogens is 368 g/mol. The van der Waals surface area contributed by atoms with Gasteiger partial charge in [-0.2, -0.15) is 0 Å². The minimum Gasteiger partial charge on any atom is -0.495 e. The van der Waals surface area contributed by atoms with Crippen LogP contribution in [-0.4, -0.2) is 31.8 Å². The summed E-state index contributed by atoms with van der Waals surface area (Å²) in [7, 11) is 3.12. The maximum absolute atomic E-state index is 12.6. The van der Waals surface area contributed by atoms with Crippen LogP contribution < -0.4 is 15.4 Å². The summed E-state index contributed by atoms with van der Waals surface area (Å²) in [6.07, 6.45) is 3.45. The molecule has 0 heterocycles. The molecule has 2 rings (SSSR count). The Morgan fingerprint density at radius 2 is 1.55 bits per heavy atom. The van der Waals surface area contributed by atoms with Gasteiger partial charge in [0.2, 0.25) is 11.7 Å². The van der Waals surface area contributed by atoms with Crippen molar-refractivity contribution in [3.05, 3.63) is 48.5 Å². The van der Waals surface area contributed by atoms with Gasteiger partial charge in [-0.1, -0.05) is 49.2 Å². The highest BCUT2D eigenvalue weighted by Gasteiger charge is 2.22. The van der Waals surface area contributed by atoms with E-state index in [1.54, 1.807) is 13.1 Å². The van der Waals surface area contributed by atoms with Gasteiger partial charge in [-0.15, -0.1) is 0 Å². The van der Waals surface area contributed by atoms with Crippen molar-refractivity contribution in [2.45, 2.75) is 38.5 Å². The van der Waals surface area contributed by atoms with E-state index in [9.17, 15) is 14.4 Å². The van der Waals surface area contributed by atoms with Crippen LogP contribution in [0.4, 0.5) is 5.69 Å². The van der Waals surface area contributed by atoms with Gasteiger partial charge in [0.15, 0.2) is 0 Å². The highest BCUT2D eigenvalue weighted by molar-refractivity contribution is 6.41. The Hall–Kier alpha value is -3.15. The molecule has 6 nitrogen and oxygen atoms in total. The molecule has 0 aliphatic heterocycles. The van der Waals surface area contributed by atoms with Gasteiger partial charge in [0.05, 0.1) is 12.8 Å². The van der Waals surface area contributed by atoms with Crippen LogP contribution in [0.3, 0.4) is 0 Å². The smallest absolute Gasteiger partial charge is 0.294 e. The number of nitrogens with two attached hydrogens (primary N) is 1. The summed E-state index contributed by atoms with van der Waals surface area (Å²) >= 11 is 0. The Balaban J connectivity index is 2.02. The number of carbonyl (C=O) groups is 3. The topological polar surface area (TPSA) is 89.7 Å². The molecule has 2 N–H and O–H groups in total. The van der Waals surface area contributed by atoms with Gasteiger partial charge in [0.1, 0.15) is 5.75 Å². The first kappa shape index (κ1) is 22.1. The van der Waals surface area contributed by atoms with Crippen LogP contribution >= 0.6 is 0 Å². The lowest BCUT2D eigenvalue weighted by atomic mass is 10.0. The number of methoxy groups -OCH3 is 1. The number of ketones is 1. The number of primary amides is 1. The quantitative estimate of drug-likeness (QED) is 0.463. The van der Waals surface area contributed by atoms with Crippen molar-refractivity contribution >= 4 is 23.3 Å². The van der Waals surface area contributed by atoms with Crippen LogP contribution in [0.2, 0.25) is 0 Å². The first-order valence-electron chi connectivity index (χ1n) is 9.76. The van der Waals surface area contributed by atoms with Gasteiger partial charge in [-0.3, -0.25) is 14.4 Å². The van der Waals surface area contributed by atoms with Gasteiger partial charge in [0.25, 0.3) is 5.91 Å². The van der Waals surface area contributed by atoms with Crippen LogP contribution in [0.5, 0.6) is 5.75 Å². The van der Waals surface area contributed by atoms with Crippen molar-refractivity contribution < 1.29 is 19.1 Å². The van der Waals surface area contributed by atoms with E-state index in [1.165, 1.54) is 12.0 Å². The second-order valence-corrected chi connectivity index (χ2v) is 6.92. The number of ether oxygens (including phenoxy) is 1. The third-order valence-electron chi connectivity index (χ3n) is 4.77. The van der Waals surface area contributed by atoms with Gasteiger partial charge in [-0.25, -0.2) is 0 Å². The summed E-state index contributed by atoms with van der Waals surface area (Å²) in [5, 5.41) is 0. The lowest BCUT2D eigenvalue weighted by Crippen LogP contribution is -2.33. The van der Waals surface area contributed by atoms with Crippen LogP contribution in [0.25, 0.3) is 11.1 Å². The number of carbonyl (C=O) groups excluding carboxylic acids is 3. The highest BCUT2D eigenvalue weighted by Crippen LogP contribution is 2.33. The molecule has 2 aromatic carbocycles. The molecule has 6 heteroatoms. The second kappa shape index (κ2) is 11.0. The van der Waals surface area contributed by atoms with Gasteiger partial charge in [-0.05, 0) is 36.1 Å². The van der Waals surface area contributed by atoms with Crippen molar-refractivity contribution in [3.63, 3.8) is 0 Å². The summed E-state index contributed by atoms with van der Waals surface area (Å²) in [5.74, 6) is -0.787. The Kier molecular flexibility index (Phi) is 8.40. The van der Waals surface area contributed by atoms with Gasteiger partial charge < -0.3 is 15.4 Å². The summed E-state index contributed by atoms with van der Waals surface area (Å²) in [4.78, 5) is 37.0. The molecule has 0 spiro atoms. The number of amides is 2. The van der Waals surface area contributed by atoms with Crippen LogP contribution in [0.15, 0.2) is 48.5 Å².